The quantitative estimate of drug-likeness (QED) is 0.739. The van der Waals surface area contributed by atoms with Crippen molar-refractivity contribution in [2.75, 3.05) is 0 Å². The Bertz CT molecular complexity index is 710. The third kappa shape index (κ3) is 2.02. The number of nitrogens with zero attached hydrogens (tertiary/aromatic N) is 2. The number of benzene rings is 1. The zero-order valence-corrected chi connectivity index (χ0v) is 10.1. The number of H-pyrrole nitrogens is 1. The zero-order chi connectivity index (χ0) is 12.4. The van der Waals surface area contributed by atoms with Crippen molar-refractivity contribution in [2.45, 2.75) is 6.92 Å². The molecule has 3 heteroatoms. The molecule has 0 unspecified atom stereocenters. The molecule has 0 aliphatic rings. The van der Waals surface area contributed by atoms with Crippen molar-refractivity contribution in [1.82, 2.24) is 15.2 Å². The van der Waals surface area contributed by atoms with Crippen molar-refractivity contribution in [3.8, 4) is 0 Å². The van der Waals surface area contributed by atoms with Crippen LogP contribution in [0.4, 0.5) is 0 Å². The molecule has 2 aromatic heterocycles. The maximum absolute atomic E-state index is 4.29. The highest BCUT2D eigenvalue weighted by Gasteiger charge is 2.00. The van der Waals surface area contributed by atoms with Crippen molar-refractivity contribution in [3.63, 3.8) is 0 Å². The summed E-state index contributed by atoms with van der Waals surface area (Å²) in [5, 5.41) is 8.43. The second kappa shape index (κ2) is 4.45. The summed E-state index contributed by atoms with van der Waals surface area (Å²) >= 11 is 0. The molecule has 0 saturated heterocycles. The maximum atomic E-state index is 4.29. The molecule has 3 nitrogen and oxygen atoms in total. The lowest BCUT2D eigenvalue weighted by Gasteiger charge is -1.94. The van der Waals surface area contributed by atoms with E-state index in [1.807, 2.05) is 48.7 Å². The van der Waals surface area contributed by atoms with E-state index in [9.17, 15) is 0 Å². The third-order valence-corrected chi connectivity index (χ3v) is 2.85. The summed E-state index contributed by atoms with van der Waals surface area (Å²) < 4.78 is 0. The number of aromatic nitrogens is 3. The number of aromatic amines is 1. The molecule has 3 aromatic rings. The molecule has 0 aliphatic heterocycles. The molecule has 3 rings (SSSR count). The number of hydrogen-bond donors (Lipinski definition) is 1. The molecule has 0 fully saturated rings. The highest BCUT2D eigenvalue weighted by Crippen LogP contribution is 2.17. The van der Waals surface area contributed by atoms with Crippen LogP contribution in [0.25, 0.3) is 23.1 Å². The fraction of sp³-hybridized carbons (Fsp3) is 0.0667. The highest BCUT2D eigenvalue weighted by atomic mass is 15.1. The molecule has 1 aromatic carbocycles. The topological polar surface area (TPSA) is 41.6 Å². The van der Waals surface area contributed by atoms with Gasteiger partial charge in [-0.05, 0) is 42.8 Å². The van der Waals surface area contributed by atoms with Gasteiger partial charge in [0, 0.05) is 11.6 Å². The normalized spacial score (nSPS) is 11.4. The predicted molar refractivity (Wildman–Crippen MR) is 74.0 cm³/mol. The lowest BCUT2D eigenvalue weighted by Crippen LogP contribution is -1.81. The molecule has 2 heterocycles. The number of aryl methyl sites for hydroxylation is 1. The molecule has 1 N–H and O–H groups in total. The number of hydrogen-bond acceptors (Lipinski definition) is 2. The first-order valence-corrected chi connectivity index (χ1v) is 5.87. The molecule has 88 valence electrons. The van der Waals surface area contributed by atoms with E-state index in [1.54, 1.807) is 0 Å². The van der Waals surface area contributed by atoms with Crippen molar-refractivity contribution < 1.29 is 0 Å². The van der Waals surface area contributed by atoms with Gasteiger partial charge in [-0.1, -0.05) is 18.2 Å². The van der Waals surface area contributed by atoms with E-state index < -0.39 is 0 Å². The van der Waals surface area contributed by atoms with Gasteiger partial charge >= 0.3 is 0 Å². The molecule has 0 spiro atoms. The Morgan fingerprint density at radius 2 is 2.00 bits per heavy atom. The average Bonchev–Trinajstić information content (AvgIpc) is 2.80. The first-order chi connectivity index (χ1) is 8.83. The van der Waals surface area contributed by atoms with E-state index in [4.69, 9.17) is 0 Å². The predicted octanol–water partition coefficient (Wildman–Crippen LogP) is 3.44. The fourth-order valence-corrected chi connectivity index (χ4v) is 1.93. The molecule has 18 heavy (non-hydrogen) atoms. The zero-order valence-electron chi connectivity index (χ0n) is 10.1. The van der Waals surface area contributed by atoms with Crippen LogP contribution in [0, 0.1) is 6.92 Å². The smallest absolute Gasteiger partial charge is 0.0927 e. The summed E-state index contributed by atoms with van der Waals surface area (Å²) in [5.41, 5.74) is 4.14. The first-order valence-electron chi connectivity index (χ1n) is 5.87. The van der Waals surface area contributed by atoms with Gasteiger partial charge in [-0.2, -0.15) is 5.10 Å². The molecule has 0 radical (unpaired) electrons. The number of pyridine rings is 1. The number of para-hydroxylation sites is 1. The van der Waals surface area contributed by atoms with E-state index in [1.165, 1.54) is 5.56 Å². The van der Waals surface area contributed by atoms with Gasteiger partial charge in [-0.15, -0.1) is 0 Å². The Hall–Kier alpha value is -2.42. The van der Waals surface area contributed by atoms with E-state index >= 15 is 0 Å². The van der Waals surface area contributed by atoms with Crippen LogP contribution in [0.3, 0.4) is 0 Å². The molecule has 0 bridgehead atoms. The van der Waals surface area contributed by atoms with Gasteiger partial charge in [0.2, 0.25) is 0 Å². The Balaban J connectivity index is 1.97. The second-order valence-electron chi connectivity index (χ2n) is 4.25. The van der Waals surface area contributed by atoms with Gasteiger partial charge in [0.1, 0.15) is 0 Å². The summed E-state index contributed by atoms with van der Waals surface area (Å²) in [6.07, 6.45) is 5.79. The summed E-state index contributed by atoms with van der Waals surface area (Å²) in [6, 6.07) is 12.1. The molecule has 0 saturated carbocycles. The summed E-state index contributed by atoms with van der Waals surface area (Å²) in [6.45, 7) is 2.06. The van der Waals surface area contributed by atoms with Crippen molar-refractivity contribution in [2.24, 2.45) is 0 Å². The summed E-state index contributed by atoms with van der Waals surface area (Å²) in [5.74, 6) is 0. The Kier molecular flexibility index (Phi) is 2.65. The van der Waals surface area contributed by atoms with Crippen LogP contribution in [0.15, 0.2) is 42.6 Å². The van der Waals surface area contributed by atoms with Crippen LogP contribution in [0.1, 0.15) is 17.0 Å². The minimum absolute atomic E-state index is 0.939. The van der Waals surface area contributed by atoms with Gasteiger partial charge in [-0.3, -0.25) is 10.1 Å². The van der Waals surface area contributed by atoms with Crippen LogP contribution in [-0.4, -0.2) is 15.2 Å². The van der Waals surface area contributed by atoms with Crippen molar-refractivity contribution in [1.29, 1.82) is 0 Å². The Labute approximate surface area is 105 Å². The van der Waals surface area contributed by atoms with E-state index in [0.29, 0.717) is 0 Å². The van der Waals surface area contributed by atoms with Crippen molar-refractivity contribution in [3.05, 3.63) is 59.5 Å². The standard InChI is InChI=1S/C15H13N3/c1-11-8-9-16-12(10-11)6-7-15-13-4-2-3-5-14(13)17-18-15/h2-10H,1H3,(H,17,18)/b7-6+. The largest absolute Gasteiger partial charge is 0.277 e. The Morgan fingerprint density at radius 1 is 1.11 bits per heavy atom. The maximum Gasteiger partial charge on any atom is 0.0927 e. The molecule has 0 aliphatic carbocycles. The van der Waals surface area contributed by atoms with Crippen LogP contribution in [0.5, 0.6) is 0 Å². The Morgan fingerprint density at radius 3 is 2.89 bits per heavy atom. The minimum Gasteiger partial charge on any atom is -0.277 e. The third-order valence-electron chi connectivity index (χ3n) is 2.85. The molecule has 0 amide bonds. The van der Waals surface area contributed by atoms with E-state index in [-0.39, 0.29) is 0 Å². The SMILES string of the molecule is Cc1ccnc(/C=C/c2n[nH]c3ccccc23)c1. The molecular formula is C15H13N3. The van der Waals surface area contributed by atoms with Gasteiger partial charge in [-0.25, -0.2) is 0 Å². The number of rotatable bonds is 2. The summed E-state index contributed by atoms with van der Waals surface area (Å²) in [4.78, 5) is 4.29. The van der Waals surface area contributed by atoms with Crippen LogP contribution in [0.2, 0.25) is 0 Å². The summed E-state index contributed by atoms with van der Waals surface area (Å²) in [7, 11) is 0. The van der Waals surface area contributed by atoms with Gasteiger partial charge in [0.15, 0.2) is 0 Å². The number of nitrogens with one attached hydrogen (secondary N) is 1. The second-order valence-corrected chi connectivity index (χ2v) is 4.25. The van der Waals surface area contributed by atoms with E-state index in [2.05, 4.69) is 28.2 Å². The van der Waals surface area contributed by atoms with E-state index in [0.717, 1.165) is 22.3 Å². The first kappa shape index (κ1) is 10.7. The van der Waals surface area contributed by atoms with Gasteiger partial charge in [0.25, 0.3) is 0 Å². The fourth-order valence-electron chi connectivity index (χ4n) is 1.93. The number of fused-ring (bicyclic) bond motifs is 1. The lowest BCUT2D eigenvalue weighted by atomic mass is 10.2. The van der Waals surface area contributed by atoms with Crippen molar-refractivity contribution >= 4 is 23.1 Å². The van der Waals surface area contributed by atoms with Gasteiger partial charge in [0.05, 0.1) is 16.9 Å². The lowest BCUT2D eigenvalue weighted by molar-refractivity contribution is 1.11. The van der Waals surface area contributed by atoms with Crippen LogP contribution < -0.4 is 0 Å². The monoisotopic (exact) mass is 235 g/mol. The molecule has 0 atom stereocenters. The minimum atomic E-state index is 0.939. The van der Waals surface area contributed by atoms with Crippen LogP contribution >= 0.6 is 0 Å². The van der Waals surface area contributed by atoms with Crippen LogP contribution in [-0.2, 0) is 0 Å². The van der Waals surface area contributed by atoms with Gasteiger partial charge < -0.3 is 0 Å². The average molecular weight is 235 g/mol. The molecular weight excluding hydrogens is 222 g/mol. The highest BCUT2D eigenvalue weighted by molar-refractivity contribution is 5.88.